The Labute approximate surface area is 109 Å². The Balaban J connectivity index is 2.94. The second-order valence-corrected chi connectivity index (χ2v) is 5.76. The van der Waals surface area contributed by atoms with E-state index in [0.29, 0.717) is 6.42 Å². The van der Waals surface area contributed by atoms with Gasteiger partial charge in [0.05, 0.1) is 6.61 Å². The Morgan fingerprint density at radius 3 is 2.61 bits per heavy atom. The van der Waals surface area contributed by atoms with Crippen LogP contribution in [0.4, 0.5) is 0 Å². The molecule has 1 aliphatic carbocycles. The molecule has 0 heterocycles. The molecule has 0 saturated heterocycles. The maximum atomic E-state index is 11.8. The summed E-state index contributed by atoms with van der Waals surface area (Å²) in [4.78, 5) is 23.3. The van der Waals surface area contributed by atoms with Crippen molar-refractivity contribution in [3.63, 3.8) is 0 Å². The minimum atomic E-state index is -0.264. The van der Waals surface area contributed by atoms with Crippen molar-refractivity contribution in [1.29, 1.82) is 0 Å². The van der Waals surface area contributed by atoms with Gasteiger partial charge in [-0.2, -0.15) is 0 Å². The van der Waals surface area contributed by atoms with Crippen LogP contribution in [0.3, 0.4) is 0 Å². The lowest BCUT2D eigenvalue weighted by molar-refractivity contribution is -0.145. The highest BCUT2D eigenvalue weighted by atomic mass is 16.2. The fourth-order valence-corrected chi connectivity index (χ4v) is 2.61. The van der Waals surface area contributed by atoms with Crippen molar-refractivity contribution in [3.8, 4) is 0 Å². The maximum Gasteiger partial charge on any atom is 0.201 e. The molecule has 100 valence electrons. The molecular formula is C15H22O3. The van der Waals surface area contributed by atoms with Gasteiger partial charge in [0.2, 0.25) is 5.78 Å². The molecule has 0 spiro atoms. The molecule has 0 aromatic rings. The van der Waals surface area contributed by atoms with E-state index in [1.807, 2.05) is 39.8 Å². The van der Waals surface area contributed by atoms with Gasteiger partial charge in [0.15, 0.2) is 5.78 Å². The number of hydrogen-bond acceptors (Lipinski definition) is 3. The molecule has 1 N–H and O–H groups in total. The van der Waals surface area contributed by atoms with E-state index in [9.17, 15) is 9.59 Å². The summed E-state index contributed by atoms with van der Waals surface area (Å²) in [6, 6.07) is 0. The molecule has 0 aliphatic heterocycles. The quantitative estimate of drug-likeness (QED) is 0.617. The highest BCUT2D eigenvalue weighted by Gasteiger charge is 2.44. The van der Waals surface area contributed by atoms with Gasteiger partial charge in [-0.1, -0.05) is 44.6 Å². The van der Waals surface area contributed by atoms with Crippen LogP contribution in [0.15, 0.2) is 23.8 Å². The van der Waals surface area contributed by atoms with Crippen molar-refractivity contribution >= 4 is 11.6 Å². The lowest BCUT2D eigenvalue weighted by Gasteiger charge is -2.39. The molecule has 2 atom stereocenters. The number of rotatable bonds is 3. The average molecular weight is 250 g/mol. The van der Waals surface area contributed by atoms with Crippen molar-refractivity contribution < 1.29 is 14.7 Å². The monoisotopic (exact) mass is 250 g/mol. The number of allylic oxidation sites excluding steroid dienone is 3. The van der Waals surface area contributed by atoms with Crippen LogP contribution in [0, 0.1) is 17.3 Å². The number of carbonyl (C=O) groups is 2. The third-order valence-corrected chi connectivity index (χ3v) is 3.73. The summed E-state index contributed by atoms with van der Waals surface area (Å²) in [5, 5.41) is 8.80. The first-order valence-corrected chi connectivity index (χ1v) is 6.32. The van der Waals surface area contributed by atoms with Gasteiger partial charge in [-0.05, 0) is 18.3 Å². The molecule has 1 fully saturated rings. The molecule has 3 nitrogen and oxygen atoms in total. The molecule has 0 aromatic heterocycles. The molecule has 3 heteroatoms. The summed E-state index contributed by atoms with van der Waals surface area (Å²) < 4.78 is 0. The summed E-state index contributed by atoms with van der Waals surface area (Å²) in [5.74, 6) is -0.711. The number of hydrogen-bond donors (Lipinski definition) is 1. The normalized spacial score (nSPS) is 29.1. The van der Waals surface area contributed by atoms with Crippen molar-refractivity contribution in [2.24, 2.45) is 17.3 Å². The largest absolute Gasteiger partial charge is 0.392 e. The van der Waals surface area contributed by atoms with Crippen LogP contribution in [0.25, 0.3) is 0 Å². The van der Waals surface area contributed by atoms with E-state index in [1.165, 1.54) is 0 Å². The van der Waals surface area contributed by atoms with E-state index in [-0.39, 0.29) is 35.4 Å². The van der Waals surface area contributed by atoms with Gasteiger partial charge in [-0.25, -0.2) is 0 Å². The van der Waals surface area contributed by atoms with Crippen molar-refractivity contribution in [1.82, 2.24) is 0 Å². The number of ketones is 2. The minimum absolute atomic E-state index is 0.0111. The van der Waals surface area contributed by atoms with Gasteiger partial charge in [0.1, 0.15) is 0 Å². The third kappa shape index (κ3) is 3.16. The molecule has 1 aliphatic rings. The van der Waals surface area contributed by atoms with Crippen LogP contribution in [0.5, 0.6) is 0 Å². The summed E-state index contributed by atoms with van der Waals surface area (Å²) in [6.07, 6.45) is 5.94. The van der Waals surface area contributed by atoms with Crippen LogP contribution in [-0.4, -0.2) is 23.3 Å². The Kier molecular flexibility index (Phi) is 4.63. The van der Waals surface area contributed by atoms with E-state index in [2.05, 4.69) is 0 Å². The van der Waals surface area contributed by atoms with Gasteiger partial charge in [-0.3, -0.25) is 9.59 Å². The van der Waals surface area contributed by atoms with E-state index in [4.69, 9.17) is 5.11 Å². The standard InChI is InChI=1S/C15H22O3/c1-10(7-8-16)5-6-12-11(2)14(18)13(17)9-15(12,3)4/h5-7,11-12,16H,8-9H2,1-4H3/b6-5+,10-7?. The van der Waals surface area contributed by atoms with Crippen LogP contribution in [-0.2, 0) is 9.59 Å². The zero-order chi connectivity index (χ0) is 13.9. The van der Waals surface area contributed by atoms with E-state index in [0.717, 1.165) is 5.57 Å². The van der Waals surface area contributed by atoms with E-state index >= 15 is 0 Å². The Morgan fingerprint density at radius 2 is 2.06 bits per heavy atom. The van der Waals surface area contributed by atoms with Crippen LogP contribution in [0.2, 0.25) is 0 Å². The maximum absolute atomic E-state index is 11.8. The van der Waals surface area contributed by atoms with Crippen molar-refractivity contribution in [2.75, 3.05) is 6.61 Å². The van der Waals surface area contributed by atoms with Gasteiger partial charge < -0.3 is 5.11 Å². The third-order valence-electron chi connectivity index (χ3n) is 3.73. The second kappa shape index (κ2) is 5.61. The van der Waals surface area contributed by atoms with Gasteiger partial charge in [0, 0.05) is 12.3 Å². The minimum Gasteiger partial charge on any atom is -0.392 e. The van der Waals surface area contributed by atoms with Gasteiger partial charge in [-0.15, -0.1) is 0 Å². The van der Waals surface area contributed by atoms with Crippen LogP contribution < -0.4 is 0 Å². The molecular weight excluding hydrogens is 228 g/mol. The lowest BCUT2D eigenvalue weighted by Crippen LogP contribution is -2.43. The molecule has 1 rings (SSSR count). The Hall–Kier alpha value is -1.22. The molecule has 1 saturated carbocycles. The summed E-state index contributed by atoms with van der Waals surface area (Å²) in [7, 11) is 0. The molecule has 2 unspecified atom stereocenters. The molecule has 0 aromatic carbocycles. The topological polar surface area (TPSA) is 54.4 Å². The van der Waals surface area contributed by atoms with E-state index < -0.39 is 0 Å². The number of aliphatic hydroxyl groups excluding tert-OH is 1. The van der Waals surface area contributed by atoms with E-state index in [1.54, 1.807) is 6.08 Å². The number of carbonyl (C=O) groups excluding carboxylic acids is 2. The first-order valence-electron chi connectivity index (χ1n) is 6.32. The molecule has 0 amide bonds. The fourth-order valence-electron chi connectivity index (χ4n) is 2.61. The predicted molar refractivity (Wildman–Crippen MR) is 71.0 cm³/mol. The zero-order valence-electron chi connectivity index (χ0n) is 11.6. The first kappa shape index (κ1) is 14.8. The van der Waals surface area contributed by atoms with Crippen LogP contribution >= 0.6 is 0 Å². The Morgan fingerprint density at radius 1 is 1.44 bits per heavy atom. The first-order chi connectivity index (χ1) is 8.29. The second-order valence-electron chi connectivity index (χ2n) is 5.76. The van der Waals surface area contributed by atoms with Gasteiger partial charge in [0.25, 0.3) is 0 Å². The SMILES string of the molecule is CC(=CCO)/C=C/C1C(C)C(=O)C(=O)CC1(C)C. The highest BCUT2D eigenvalue weighted by molar-refractivity contribution is 6.38. The predicted octanol–water partition coefficient (Wildman–Crippen LogP) is 2.30. The van der Waals surface area contributed by atoms with Crippen molar-refractivity contribution in [3.05, 3.63) is 23.8 Å². The highest BCUT2D eigenvalue weighted by Crippen LogP contribution is 2.41. The molecule has 0 radical (unpaired) electrons. The molecule has 18 heavy (non-hydrogen) atoms. The number of Topliss-reactive ketones (excluding diaryl/α,β-unsaturated/α-hetero) is 2. The fraction of sp³-hybridized carbons (Fsp3) is 0.600. The zero-order valence-corrected chi connectivity index (χ0v) is 11.6. The average Bonchev–Trinajstić information content (AvgIpc) is 2.25. The van der Waals surface area contributed by atoms with Crippen molar-refractivity contribution in [2.45, 2.75) is 34.1 Å². The van der Waals surface area contributed by atoms with Gasteiger partial charge >= 0.3 is 0 Å². The number of aliphatic hydroxyl groups is 1. The lowest BCUT2D eigenvalue weighted by atomic mass is 9.63. The molecule has 0 bridgehead atoms. The van der Waals surface area contributed by atoms with Crippen LogP contribution in [0.1, 0.15) is 34.1 Å². The smallest absolute Gasteiger partial charge is 0.201 e. The summed E-state index contributed by atoms with van der Waals surface area (Å²) in [5.41, 5.74) is 0.769. The summed E-state index contributed by atoms with van der Waals surface area (Å²) in [6.45, 7) is 7.78. The summed E-state index contributed by atoms with van der Waals surface area (Å²) >= 11 is 0. The Bertz CT molecular complexity index is 402.